The summed E-state index contributed by atoms with van der Waals surface area (Å²) in [6.45, 7) is 3.27. The average molecular weight is 212 g/mol. The lowest BCUT2D eigenvalue weighted by atomic mass is 9.81. The number of ether oxygens (including phenoxy) is 1. The first-order valence-electron chi connectivity index (χ1n) is 6.23. The van der Waals surface area contributed by atoms with Crippen LogP contribution in [0.2, 0.25) is 0 Å². The minimum Gasteiger partial charge on any atom is -0.383 e. The summed E-state index contributed by atoms with van der Waals surface area (Å²) < 4.78 is 5.46. The second-order valence-electron chi connectivity index (χ2n) is 5.11. The zero-order chi connectivity index (χ0) is 10.7. The van der Waals surface area contributed by atoms with Gasteiger partial charge in [0.05, 0.1) is 12.1 Å². The van der Waals surface area contributed by atoms with Crippen molar-refractivity contribution in [1.29, 1.82) is 0 Å². The molecular formula is C12H24N2O. The highest BCUT2D eigenvalue weighted by Gasteiger charge is 2.43. The van der Waals surface area contributed by atoms with Gasteiger partial charge in [0.15, 0.2) is 0 Å². The van der Waals surface area contributed by atoms with E-state index in [1.807, 2.05) is 7.11 Å². The molecule has 2 heterocycles. The first-order valence-corrected chi connectivity index (χ1v) is 6.23. The highest BCUT2D eigenvalue weighted by Crippen LogP contribution is 2.32. The molecule has 0 bridgehead atoms. The number of nitrogens with one attached hydrogen (secondary N) is 1. The molecule has 0 aromatic rings. The lowest BCUT2D eigenvalue weighted by molar-refractivity contribution is 0.0365. The fourth-order valence-electron chi connectivity index (χ4n) is 3.36. The van der Waals surface area contributed by atoms with Crippen LogP contribution in [0.15, 0.2) is 0 Å². The van der Waals surface area contributed by atoms with E-state index >= 15 is 0 Å². The first-order chi connectivity index (χ1) is 7.28. The molecule has 0 radical (unpaired) electrons. The topological polar surface area (TPSA) is 24.5 Å². The molecule has 0 aromatic heterocycles. The fourth-order valence-corrected chi connectivity index (χ4v) is 3.36. The molecule has 2 aliphatic heterocycles. The predicted octanol–water partition coefficient (Wildman–Crippen LogP) is 1.24. The molecule has 1 N–H and O–H groups in total. The van der Waals surface area contributed by atoms with Crippen LogP contribution in [0, 0.1) is 0 Å². The van der Waals surface area contributed by atoms with Gasteiger partial charge in [0.2, 0.25) is 0 Å². The Morgan fingerprint density at radius 1 is 1.40 bits per heavy atom. The molecule has 0 aliphatic carbocycles. The summed E-state index contributed by atoms with van der Waals surface area (Å²) >= 11 is 0. The highest BCUT2D eigenvalue weighted by atomic mass is 16.5. The second-order valence-corrected chi connectivity index (χ2v) is 5.11. The molecular weight excluding hydrogens is 188 g/mol. The van der Waals surface area contributed by atoms with Gasteiger partial charge in [0.25, 0.3) is 0 Å². The Morgan fingerprint density at radius 2 is 2.27 bits per heavy atom. The lowest BCUT2D eigenvalue weighted by Gasteiger charge is -2.45. The minimum atomic E-state index is 0.234. The Bertz CT molecular complexity index is 196. The van der Waals surface area contributed by atoms with Crippen molar-refractivity contribution in [3.05, 3.63) is 0 Å². The quantitative estimate of drug-likeness (QED) is 0.762. The molecule has 15 heavy (non-hydrogen) atoms. The number of methoxy groups -OCH3 is 1. The Kier molecular flexibility index (Phi) is 3.65. The number of piperidine rings is 1. The normalized spacial score (nSPS) is 38.4. The number of likely N-dealkylation sites (N-methyl/N-ethyl adjacent to an activating group) is 1. The molecule has 88 valence electrons. The van der Waals surface area contributed by atoms with Gasteiger partial charge in [-0.1, -0.05) is 6.42 Å². The maximum atomic E-state index is 5.46. The molecule has 2 unspecified atom stereocenters. The zero-order valence-electron chi connectivity index (χ0n) is 10.1. The van der Waals surface area contributed by atoms with Gasteiger partial charge < -0.3 is 15.0 Å². The maximum Gasteiger partial charge on any atom is 0.0659 e. The number of hydrogen-bond acceptors (Lipinski definition) is 3. The van der Waals surface area contributed by atoms with Crippen LogP contribution in [0.4, 0.5) is 0 Å². The molecule has 0 aromatic carbocycles. The summed E-state index contributed by atoms with van der Waals surface area (Å²) in [4.78, 5) is 2.51. The molecule has 0 spiro atoms. The molecule has 2 saturated heterocycles. The standard InChI is InChI=1S/C12H24N2O/c1-14-9-5-6-11(14)12(10-15-2)7-3-4-8-13-12/h11,13H,3-10H2,1-2H3. The van der Waals surface area contributed by atoms with E-state index < -0.39 is 0 Å². The van der Waals surface area contributed by atoms with E-state index in [-0.39, 0.29) is 5.54 Å². The maximum absolute atomic E-state index is 5.46. The van der Waals surface area contributed by atoms with Crippen molar-refractivity contribution < 1.29 is 4.74 Å². The largest absolute Gasteiger partial charge is 0.383 e. The van der Waals surface area contributed by atoms with Crippen molar-refractivity contribution in [3.63, 3.8) is 0 Å². The van der Waals surface area contributed by atoms with Crippen molar-refractivity contribution in [3.8, 4) is 0 Å². The van der Waals surface area contributed by atoms with Gasteiger partial charge in [-0.3, -0.25) is 0 Å². The fraction of sp³-hybridized carbons (Fsp3) is 1.00. The Morgan fingerprint density at radius 3 is 2.80 bits per heavy atom. The van der Waals surface area contributed by atoms with E-state index in [1.165, 1.54) is 38.6 Å². The smallest absolute Gasteiger partial charge is 0.0659 e. The molecule has 3 nitrogen and oxygen atoms in total. The van der Waals surface area contributed by atoms with E-state index in [0.717, 1.165) is 13.2 Å². The van der Waals surface area contributed by atoms with Gasteiger partial charge in [-0.15, -0.1) is 0 Å². The summed E-state index contributed by atoms with van der Waals surface area (Å²) in [7, 11) is 4.08. The van der Waals surface area contributed by atoms with Crippen molar-refractivity contribution in [2.24, 2.45) is 0 Å². The zero-order valence-corrected chi connectivity index (χ0v) is 10.1. The van der Waals surface area contributed by atoms with Gasteiger partial charge in [-0.05, 0) is 45.8 Å². The molecule has 2 atom stereocenters. The predicted molar refractivity (Wildman–Crippen MR) is 62.1 cm³/mol. The van der Waals surface area contributed by atoms with E-state index in [4.69, 9.17) is 4.74 Å². The van der Waals surface area contributed by atoms with Crippen LogP contribution in [0.25, 0.3) is 0 Å². The van der Waals surface area contributed by atoms with Crippen molar-refractivity contribution in [2.45, 2.75) is 43.7 Å². The third-order valence-electron chi connectivity index (χ3n) is 4.09. The van der Waals surface area contributed by atoms with Crippen LogP contribution >= 0.6 is 0 Å². The van der Waals surface area contributed by atoms with Gasteiger partial charge in [0.1, 0.15) is 0 Å². The Labute approximate surface area is 93.2 Å². The van der Waals surface area contributed by atoms with Crippen LogP contribution < -0.4 is 5.32 Å². The summed E-state index contributed by atoms with van der Waals surface area (Å²) in [5.74, 6) is 0. The van der Waals surface area contributed by atoms with E-state index in [9.17, 15) is 0 Å². The van der Waals surface area contributed by atoms with E-state index in [2.05, 4.69) is 17.3 Å². The molecule has 3 heteroatoms. The lowest BCUT2D eigenvalue weighted by Crippen LogP contribution is -2.62. The number of likely N-dealkylation sites (tertiary alicyclic amines) is 1. The van der Waals surface area contributed by atoms with Crippen LogP contribution in [0.3, 0.4) is 0 Å². The molecule has 2 fully saturated rings. The van der Waals surface area contributed by atoms with Crippen molar-refractivity contribution in [2.75, 3.05) is 33.9 Å². The number of nitrogens with zero attached hydrogens (tertiary/aromatic N) is 1. The number of hydrogen-bond donors (Lipinski definition) is 1. The SMILES string of the molecule is COCC1(C2CCCN2C)CCCCN1. The van der Waals surface area contributed by atoms with Crippen LogP contribution in [0.1, 0.15) is 32.1 Å². The molecule has 2 rings (SSSR count). The Hall–Kier alpha value is -0.120. The van der Waals surface area contributed by atoms with Gasteiger partial charge >= 0.3 is 0 Å². The molecule has 0 amide bonds. The summed E-state index contributed by atoms with van der Waals surface area (Å²) in [6, 6.07) is 0.678. The van der Waals surface area contributed by atoms with Crippen molar-refractivity contribution in [1.82, 2.24) is 10.2 Å². The number of rotatable bonds is 3. The molecule has 0 saturated carbocycles. The third-order valence-corrected chi connectivity index (χ3v) is 4.09. The van der Waals surface area contributed by atoms with Crippen LogP contribution in [0.5, 0.6) is 0 Å². The van der Waals surface area contributed by atoms with Gasteiger partial charge in [-0.25, -0.2) is 0 Å². The first kappa shape index (κ1) is 11.4. The van der Waals surface area contributed by atoms with E-state index in [0.29, 0.717) is 6.04 Å². The monoisotopic (exact) mass is 212 g/mol. The van der Waals surface area contributed by atoms with Crippen LogP contribution in [-0.4, -0.2) is 50.3 Å². The van der Waals surface area contributed by atoms with Crippen molar-refractivity contribution >= 4 is 0 Å². The van der Waals surface area contributed by atoms with Gasteiger partial charge in [-0.2, -0.15) is 0 Å². The van der Waals surface area contributed by atoms with Gasteiger partial charge in [0, 0.05) is 13.2 Å². The van der Waals surface area contributed by atoms with Crippen LogP contribution in [-0.2, 0) is 4.74 Å². The average Bonchev–Trinajstić information content (AvgIpc) is 2.67. The summed E-state index contributed by atoms with van der Waals surface area (Å²) in [5.41, 5.74) is 0.234. The second kappa shape index (κ2) is 4.81. The minimum absolute atomic E-state index is 0.234. The Balaban J connectivity index is 2.09. The van der Waals surface area contributed by atoms with E-state index in [1.54, 1.807) is 0 Å². The third kappa shape index (κ3) is 2.19. The summed E-state index contributed by atoms with van der Waals surface area (Å²) in [5, 5.41) is 3.74. The summed E-state index contributed by atoms with van der Waals surface area (Å²) in [6.07, 6.45) is 6.61. The highest BCUT2D eigenvalue weighted by molar-refractivity contribution is 5.03. The molecule has 2 aliphatic rings.